The number of rotatable bonds is 5. The number of methoxy groups -OCH3 is 1. The van der Waals surface area contributed by atoms with Crippen molar-refractivity contribution in [3.05, 3.63) is 76.2 Å². The van der Waals surface area contributed by atoms with Gasteiger partial charge < -0.3 is 9.64 Å². The van der Waals surface area contributed by atoms with E-state index in [0.717, 1.165) is 53.1 Å². The molecule has 9 heteroatoms. The zero-order valence-electron chi connectivity index (χ0n) is 21.5. The molecule has 0 unspecified atom stereocenters. The summed E-state index contributed by atoms with van der Waals surface area (Å²) in [6, 6.07) is 16.9. The largest absolute Gasteiger partial charge is 0.465 e. The van der Waals surface area contributed by atoms with Gasteiger partial charge in [0.1, 0.15) is 10.9 Å². The van der Waals surface area contributed by atoms with Crippen LogP contribution in [0.15, 0.2) is 54.6 Å². The summed E-state index contributed by atoms with van der Waals surface area (Å²) in [6.07, 6.45) is 2.54. The normalized spacial score (nSPS) is 22.4. The quantitative estimate of drug-likeness (QED) is 0.354. The Labute approximate surface area is 225 Å². The van der Waals surface area contributed by atoms with E-state index in [9.17, 15) is 14.4 Å². The van der Waals surface area contributed by atoms with Gasteiger partial charge in [0.25, 0.3) is 5.91 Å². The van der Waals surface area contributed by atoms with Crippen molar-refractivity contribution in [3.8, 4) is 0 Å². The number of esters is 1. The second kappa shape index (κ2) is 9.56. The second-order valence-electron chi connectivity index (χ2n) is 10.0. The lowest BCUT2D eigenvalue weighted by molar-refractivity contribution is -0.126. The molecule has 8 nitrogen and oxygen atoms in total. The van der Waals surface area contributed by atoms with E-state index in [-0.39, 0.29) is 5.91 Å². The number of nitrogens with zero attached hydrogens (tertiary/aromatic N) is 3. The topological polar surface area (TPSA) is 79.4 Å². The van der Waals surface area contributed by atoms with E-state index in [1.807, 2.05) is 73.6 Å². The van der Waals surface area contributed by atoms with Gasteiger partial charge in [0.15, 0.2) is 6.10 Å². The van der Waals surface area contributed by atoms with Gasteiger partial charge in [0.05, 0.1) is 24.4 Å². The summed E-state index contributed by atoms with van der Waals surface area (Å²) in [5.74, 6) is -2.08. The first-order valence-corrected chi connectivity index (χ1v) is 13.6. The molecular formula is C29H29N3O5S. The first-order valence-electron chi connectivity index (χ1n) is 12.8. The third-order valence-electron chi connectivity index (χ3n) is 7.62. The Morgan fingerprint density at radius 1 is 1.00 bits per heavy atom. The van der Waals surface area contributed by atoms with E-state index >= 15 is 0 Å². The smallest absolute Gasteiger partial charge is 0.341 e. The van der Waals surface area contributed by atoms with E-state index in [4.69, 9.17) is 9.57 Å². The van der Waals surface area contributed by atoms with Gasteiger partial charge in [-0.2, -0.15) is 0 Å². The van der Waals surface area contributed by atoms with Crippen molar-refractivity contribution in [2.75, 3.05) is 36.1 Å². The molecule has 0 N–H and O–H groups in total. The summed E-state index contributed by atoms with van der Waals surface area (Å²) in [7, 11) is 5.27. The second-order valence-corrected chi connectivity index (χ2v) is 11.1. The molecule has 196 valence electrons. The maximum Gasteiger partial charge on any atom is 0.341 e. The van der Waals surface area contributed by atoms with Gasteiger partial charge in [-0.1, -0.05) is 30.3 Å². The van der Waals surface area contributed by atoms with Crippen LogP contribution < -0.4 is 14.9 Å². The predicted molar refractivity (Wildman–Crippen MR) is 146 cm³/mol. The Balaban J connectivity index is 1.44. The first-order chi connectivity index (χ1) is 18.4. The van der Waals surface area contributed by atoms with Gasteiger partial charge in [0.2, 0.25) is 5.91 Å². The summed E-state index contributed by atoms with van der Waals surface area (Å²) in [6.45, 7) is 0. The molecular weight excluding hydrogens is 502 g/mol. The molecule has 2 aliphatic heterocycles. The molecule has 38 heavy (non-hydrogen) atoms. The molecule has 2 amide bonds. The SMILES string of the molecule is COC(=O)c1c(N2C(=O)[C@@H]3[C@@H](c4ccc(N(C)C)cc4)N(c4ccccc4)O[C@H]3C2=O)sc2c1CCCC2. The number of amides is 2. The zero-order valence-corrected chi connectivity index (χ0v) is 22.4. The highest BCUT2D eigenvalue weighted by molar-refractivity contribution is 7.17. The van der Waals surface area contributed by atoms with E-state index in [1.54, 1.807) is 5.06 Å². The molecule has 0 radical (unpaired) electrons. The number of carbonyl (C=O) groups excluding carboxylic acids is 3. The number of fused-ring (bicyclic) bond motifs is 2. The fraction of sp³-hybridized carbons (Fsp3) is 0.345. The third-order valence-corrected chi connectivity index (χ3v) is 8.90. The minimum Gasteiger partial charge on any atom is -0.465 e. The Hall–Kier alpha value is -3.69. The van der Waals surface area contributed by atoms with Crippen molar-refractivity contribution in [2.45, 2.75) is 37.8 Å². The first kappa shape index (κ1) is 24.6. The fourth-order valence-corrected chi connectivity index (χ4v) is 7.13. The van der Waals surface area contributed by atoms with Crippen LogP contribution in [0.3, 0.4) is 0 Å². The number of para-hydroxylation sites is 1. The van der Waals surface area contributed by atoms with Gasteiger partial charge in [-0.3, -0.25) is 14.4 Å². The number of carbonyl (C=O) groups is 3. The van der Waals surface area contributed by atoms with E-state index < -0.39 is 29.9 Å². The fourth-order valence-electron chi connectivity index (χ4n) is 5.74. The van der Waals surface area contributed by atoms with Crippen LogP contribution in [0.25, 0.3) is 0 Å². The highest BCUT2D eigenvalue weighted by atomic mass is 32.1. The van der Waals surface area contributed by atoms with E-state index in [2.05, 4.69) is 0 Å². The Bertz CT molecular complexity index is 1400. The van der Waals surface area contributed by atoms with Crippen LogP contribution in [0.1, 0.15) is 45.2 Å². The Kier molecular flexibility index (Phi) is 6.20. The number of imide groups is 1. The van der Waals surface area contributed by atoms with Crippen LogP contribution in [0.5, 0.6) is 0 Å². The molecule has 3 atom stereocenters. The number of hydrogen-bond donors (Lipinski definition) is 0. The van der Waals surface area contributed by atoms with Gasteiger partial charge in [-0.15, -0.1) is 11.3 Å². The van der Waals surface area contributed by atoms with Crippen molar-refractivity contribution in [3.63, 3.8) is 0 Å². The van der Waals surface area contributed by atoms with Gasteiger partial charge in [0, 0.05) is 24.7 Å². The van der Waals surface area contributed by atoms with Crippen LogP contribution in [-0.2, 0) is 32.0 Å². The van der Waals surface area contributed by atoms with Crippen molar-refractivity contribution < 1.29 is 24.0 Å². The van der Waals surface area contributed by atoms with Crippen molar-refractivity contribution >= 4 is 45.5 Å². The molecule has 2 aromatic carbocycles. The molecule has 0 saturated carbocycles. The molecule has 3 aromatic rings. The molecule has 0 bridgehead atoms. The zero-order chi connectivity index (χ0) is 26.6. The third kappa shape index (κ3) is 3.80. The summed E-state index contributed by atoms with van der Waals surface area (Å²) in [4.78, 5) is 51.4. The van der Waals surface area contributed by atoms with Gasteiger partial charge in [-0.25, -0.2) is 14.8 Å². The minimum absolute atomic E-state index is 0.348. The number of hydroxylamine groups is 1. The lowest BCUT2D eigenvalue weighted by Crippen LogP contribution is -2.37. The van der Waals surface area contributed by atoms with E-state index in [1.165, 1.54) is 23.3 Å². The summed E-state index contributed by atoms with van der Waals surface area (Å²) < 4.78 is 5.10. The molecule has 3 aliphatic rings. The minimum atomic E-state index is -0.995. The number of anilines is 3. The van der Waals surface area contributed by atoms with E-state index in [0.29, 0.717) is 10.6 Å². The molecule has 6 rings (SSSR count). The monoisotopic (exact) mass is 531 g/mol. The average Bonchev–Trinajstić information content (AvgIpc) is 3.59. The maximum absolute atomic E-state index is 14.2. The molecule has 2 fully saturated rings. The van der Waals surface area contributed by atoms with Crippen LogP contribution in [0.2, 0.25) is 0 Å². The summed E-state index contributed by atoms with van der Waals surface area (Å²) in [5.41, 5.74) is 3.91. The van der Waals surface area contributed by atoms with Crippen LogP contribution in [-0.4, -0.2) is 45.1 Å². The number of hydrogen-bond acceptors (Lipinski definition) is 8. The highest BCUT2D eigenvalue weighted by Gasteiger charge is 2.61. The van der Waals surface area contributed by atoms with Crippen molar-refractivity contribution in [1.29, 1.82) is 0 Å². The average molecular weight is 532 g/mol. The predicted octanol–water partition coefficient (Wildman–Crippen LogP) is 4.53. The highest BCUT2D eigenvalue weighted by Crippen LogP contribution is 2.50. The molecule has 1 aliphatic carbocycles. The Morgan fingerprint density at radius 2 is 1.71 bits per heavy atom. The number of ether oxygens (including phenoxy) is 1. The van der Waals surface area contributed by atoms with Crippen LogP contribution in [0.4, 0.5) is 16.4 Å². The lowest BCUT2D eigenvalue weighted by atomic mass is 9.90. The van der Waals surface area contributed by atoms with Crippen LogP contribution >= 0.6 is 11.3 Å². The molecule has 2 saturated heterocycles. The van der Waals surface area contributed by atoms with Crippen molar-refractivity contribution in [1.82, 2.24) is 0 Å². The number of aryl methyl sites for hydroxylation is 1. The van der Waals surface area contributed by atoms with Gasteiger partial charge in [-0.05, 0) is 61.1 Å². The maximum atomic E-state index is 14.2. The molecule has 0 spiro atoms. The number of thiophene rings is 1. The summed E-state index contributed by atoms with van der Waals surface area (Å²) in [5, 5.41) is 2.05. The molecule has 1 aromatic heterocycles. The van der Waals surface area contributed by atoms with Gasteiger partial charge >= 0.3 is 5.97 Å². The number of benzene rings is 2. The Morgan fingerprint density at radius 3 is 2.39 bits per heavy atom. The molecule has 3 heterocycles. The van der Waals surface area contributed by atoms with Crippen molar-refractivity contribution in [2.24, 2.45) is 5.92 Å². The standard InChI is InChI=1S/C29H29N3O5S/c1-30(2)18-15-13-17(14-16-18)24-23-25(37-32(24)19-9-5-4-6-10-19)27(34)31(26(23)33)28-22(29(35)36-3)20-11-7-8-12-21(20)38-28/h4-6,9-10,13-16,23-25H,7-8,11-12H2,1-3H3/t23-,24-,25-/m1/s1. The van der Waals surface area contributed by atoms with Crippen LogP contribution in [0, 0.1) is 5.92 Å². The summed E-state index contributed by atoms with van der Waals surface area (Å²) >= 11 is 1.36. The lowest BCUT2D eigenvalue weighted by Gasteiger charge is -2.29.